The second-order valence-electron chi connectivity index (χ2n) is 10.1. The molecule has 8 nitrogen and oxygen atoms in total. The molecule has 0 aliphatic carbocycles. The Hall–Kier alpha value is -4.01. The van der Waals surface area contributed by atoms with Crippen LogP contribution in [0.3, 0.4) is 0 Å². The zero-order valence-electron chi connectivity index (χ0n) is 22.1. The van der Waals surface area contributed by atoms with Crippen LogP contribution < -0.4 is 5.69 Å². The quantitative estimate of drug-likeness (QED) is 0.182. The van der Waals surface area contributed by atoms with Gasteiger partial charge in [-0.05, 0) is 90.4 Å². The molecule has 1 aliphatic rings. The van der Waals surface area contributed by atoms with E-state index in [1.807, 2.05) is 0 Å². The number of imidazole rings is 1. The molecule has 6 rings (SSSR count). The molecule has 4 heterocycles. The number of fused-ring (bicyclic) bond motifs is 1. The Bertz CT molecular complexity index is 1870. The van der Waals surface area contributed by atoms with Crippen molar-refractivity contribution in [3.8, 4) is 16.9 Å². The number of pyridine rings is 1. The molecule has 5 aromatic rings. The summed E-state index contributed by atoms with van der Waals surface area (Å²) in [5.41, 5.74) is 1.05. The summed E-state index contributed by atoms with van der Waals surface area (Å²) in [7, 11) is 0. The van der Waals surface area contributed by atoms with Crippen LogP contribution in [0.5, 0.6) is 0 Å². The van der Waals surface area contributed by atoms with Crippen molar-refractivity contribution in [1.29, 1.82) is 0 Å². The van der Waals surface area contributed by atoms with Gasteiger partial charge in [-0.3, -0.25) is 14.3 Å². The van der Waals surface area contributed by atoms with Crippen molar-refractivity contribution in [2.75, 3.05) is 13.1 Å². The fourth-order valence-corrected chi connectivity index (χ4v) is 6.02. The van der Waals surface area contributed by atoms with E-state index < -0.39 is 29.2 Å². The van der Waals surface area contributed by atoms with Gasteiger partial charge in [0.05, 0.1) is 22.5 Å². The lowest BCUT2D eigenvalue weighted by molar-refractivity contribution is -0.138. The van der Waals surface area contributed by atoms with Crippen LogP contribution in [0, 0.1) is 16.3 Å². The summed E-state index contributed by atoms with van der Waals surface area (Å²) in [5.74, 6) is -0.852. The van der Waals surface area contributed by atoms with Crippen LogP contribution in [0.15, 0.2) is 65.7 Å². The average molecular weight is 690 g/mol. The number of benzene rings is 2. The number of halogens is 5. The molecule has 0 atom stereocenters. The van der Waals surface area contributed by atoms with Crippen LogP contribution >= 0.6 is 22.6 Å². The van der Waals surface area contributed by atoms with Crippen molar-refractivity contribution in [3.63, 3.8) is 0 Å². The van der Waals surface area contributed by atoms with Crippen LogP contribution in [-0.4, -0.2) is 48.2 Å². The standard InChI is InChI=1S/C29H23F4IN6O2/c1-16-4-7-22-26(25(16)30)39(28(42)36-22)18-8-11-38(12-9-18)27(41)23-14-24(17-3-2-10-35-15-17)40(37-23)19-5-6-21(34)20(13-19)29(31,32)33/h2-7,10,13-15,18H,8-9,11-12H2,1H3,(H,36,42). The number of carbonyl (C=O) groups excluding carboxylic acids is 1. The number of H-pyrrole nitrogens is 1. The van der Waals surface area contributed by atoms with Crippen molar-refractivity contribution < 1.29 is 22.4 Å². The molecular formula is C29H23F4IN6O2. The number of nitrogens with one attached hydrogen (secondary N) is 1. The molecule has 1 aliphatic heterocycles. The molecule has 0 spiro atoms. The van der Waals surface area contributed by atoms with E-state index in [2.05, 4.69) is 15.1 Å². The smallest absolute Gasteiger partial charge is 0.337 e. The molecule has 3 aromatic heterocycles. The number of aromatic nitrogens is 5. The van der Waals surface area contributed by atoms with Crippen molar-refractivity contribution in [2.45, 2.75) is 32.0 Å². The van der Waals surface area contributed by atoms with Crippen molar-refractivity contribution >= 4 is 39.5 Å². The lowest BCUT2D eigenvalue weighted by Gasteiger charge is -2.32. The lowest BCUT2D eigenvalue weighted by atomic mass is 10.0. The van der Waals surface area contributed by atoms with E-state index in [4.69, 9.17) is 0 Å². The summed E-state index contributed by atoms with van der Waals surface area (Å²) in [6.07, 6.45) is -0.627. The maximum Gasteiger partial charge on any atom is 0.417 e. The third-order valence-corrected chi connectivity index (χ3v) is 8.45. The number of piperidine rings is 1. The summed E-state index contributed by atoms with van der Waals surface area (Å²) in [6.45, 7) is 2.21. The maximum atomic E-state index is 15.0. The van der Waals surface area contributed by atoms with E-state index in [1.54, 1.807) is 77.1 Å². The van der Waals surface area contributed by atoms with Crippen molar-refractivity contribution in [3.05, 3.63) is 97.6 Å². The molecule has 216 valence electrons. The summed E-state index contributed by atoms with van der Waals surface area (Å²) in [5, 5.41) is 4.45. The Balaban J connectivity index is 1.31. The highest BCUT2D eigenvalue weighted by atomic mass is 127. The molecule has 13 heteroatoms. The number of hydrogen-bond donors (Lipinski definition) is 1. The monoisotopic (exact) mass is 690 g/mol. The van der Waals surface area contributed by atoms with Crippen molar-refractivity contribution in [1.82, 2.24) is 29.2 Å². The zero-order valence-corrected chi connectivity index (χ0v) is 24.3. The number of nitrogens with zero attached hydrogens (tertiary/aromatic N) is 5. The topological polar surface area (TPSA) is 88.8 Å². The summed E-state index contributed by atoms with van der Waals surface area (Å²) >= 11 is 1.64. The first-order valence-electron chi connectivity index (χ1n) is 13.1. The number of likely N-dealkylation sites (tertiary alicyclic amines) is 1. The van der Waals surface area contributed by atoms with Gasteiger partial charge in [0.25, 0.3) is 5.91 Å². The number of alkyl halides is 3. The van der Waals surface area contributed by atoms with E-state index in [1.165, 1.54) is 21.4 Å². The molecule has 0 radical (unpaired) electrons. The molecule has 1 N–H and O–H groups in total. The van der Waals surface area contributed by atoms with E-state index in [0.29, 0.717) is 35.2 Å². The molecule has 0 bridgehead atoms. The van der Waals surface area contributed by atoms with Crippen LogP contribution in [0.4, 0.5) is 17.6 Å². The predicted octanol–water partition coefficient (Wildman–Crippen LogP) is 6.13. The minimum Gasteiger partial charge on any atom is -0.337 e. The predicted molar refractivity (Wildman–Crippen MR) is 156 cm³/mol. The highest BCUT2D eigenvalue weighted by Gasteiger charge is 2.34. The third kappa shape index (κ3) is 4.99. The fourth-order valence-electron chi connectivity index (χ4n) is 5.38. The molecule has 0 unspecified atom stereocenters. The number of aryl methyl sites for hydroxylation is 1. The van der Waals surface area contributed by atoms with Crippen LogP contribution in [0.25, 0.3) is 28.0 Å². The highest BCUT2D eigenvalue weighted by Crippen LogP contribution is 2.35. The Morgan fingerprint density at radius 2 is 1.86 bits per heavy atom. The van der Waals surface area contributed by atoms with Gasteiger partial charge in [-0.25, -0.2) is 13.9 Å². The molecular weight excluding hydrogens is 667 g/mol. The normalized spacial score (nSPS) is 14.6. The number of carbonyl (C=O) groups is 1. The fraction of sp³-hybridized carbons (Fsp3) is 0.241. The van der Waals surface area contributed by atoms with Crippen LogP contribution in [-0.2, 0) is 6.18 Å². The van der Waals surface area contributed by atoms with Gasteiger partial charge in [0, 0.05) is 40.7 Å². The summed E-state index contributed by atoms with van der Waals surface area (Å²) in [6, 6.07) is 11.8. The minimum atomic E-state index is -4.56. The van der Waals surface area contributed by atoms with E-state index in [-0.39, 0.29) is 39.6 Å². The first-order chi connectivity index (χ1) is 20.0. The number of aromatic amines is 1. The van der Waals surface area contributed by atoms with E-state index >= 15 is 0 Å². The van der Waals surface area contributed by atoms with Gasteiger partial charge in [-0.15, -0.1) is 0 Å². The van der Waals surface area contributed by atoms with Crippen LogP contribution in [0.2, 0.25) is 0 Å². The Morgan fingerprint density at radius 1 is 1.10 bits per heavy atom. The summed E-state index contributed by atoms with van der Waals surface area (Å²) < 4.78 is 58.8. The second-order valence-corrected chi connectivity index (χ2v) is 11.3. The molecule has 42 heavy (non-hydrogen) atoms. The number of amides is 1. The Morgan fingerprint density at radius 3 is 2.55 bits per heavy atom. The maximum absolute atomic E-state index is 15.0. The van der Waals surface area contributed by atoms with Crippen molar-refractivity contribution in [2.24, 2.45) is 0 Å². The molecule has 0 saturated carbocycles. The molecule has 1 saturated heterocycles. The highest BCUT2D eigenvalue weighted by molar-refractivity contribution is 14.1. The van der Waals surface area contributed by atoms with Gasteiger partial charge in [-0.1, -0.05) is 6.07 Å². The Labute approximate surface area is 250 Å². The van der Waals surface area contributed by atoms with E-state index in [9.17, 15) is 27.2 Å². The number of rotatable bonds is 4. The van der Waals surface area contributed by atoms with E-state index in [0.717, 1.165) is 6.07 Å². The average Bonchev–Trinajstić information content (AvgIpc) is 3.57. The minimum absolute atomic E-state index is 0.0439. The molecule has 1 fully saturated rings. The SMILES string of the molecule is Cc1ccc2[nH]c(=O)n(C3CCN(C(=O)c4cc(-c5cccnc5)n(-c5ccc(I)c(C(F)(F)F)c5)n4)CC3)c2c1F. The van der Waals surface area contributed by atoms with Gasteiger partial charge in [0.15, 0.2) is 11.5 Å². The first kappa shape index (κ1) is 28.1. The number of hydrogen-bond acceptors (Lipinski definition) is 4. The Kier molecular flexibility index (Phi) is 7.15. The third-order valence-electron chi connectivity index (χ3n) is 7.51. The molecule has 2 aromatic carbocycles. The molecule has 1 amide bonds. The van der Waals surface area contributed by atoms with Crippen LogP contribution in [0.1, 0.15) is 40.5 Å². The van der Waals surface area contributed by atoms with Gasteiger partial charge >= 0.3 is 11.9 Å². The van der Waals surface area contributed by atoms with Gasteiger partial charge in [0.1, 0.15) is 5.52 Å². The summed E-state index contributed by atoms with van der Waals surface area (Å²) in [4.78, 5) is 34.7. The lowest BCUT2D eigenvalue weighted by Crippen LogP contribution is -2.40. The van der Waals surface area contributed by atoms with Gasteiger partial charge in [0.2, 0.25) is 0 Å². The van der Waals surface area contributed by atoms with Gasteiger partial charge < -0.3 is 9.88 Å². The largest absolute Gasteiger partial charge is 0.417 e. The zero-order chi connectivity index (χ0) is 29.8. The second kappa shape index (κ2) is 10.7. The first-order valence-corrected chi connectivity index (χ1v) is 14.2. The van der Waals surface area contributed by atoms with Gasteiger partial charge in [-0.2, -0.15) is 18.3 Å².